The van der Waals surface area contributed by atoms with Crippen molar-refractivity contribution in [1.82, 2.24) is 5.32 Å². The minimum atomic E-state index is -0.173. The van der Waals surface area contributed by atoms with Crippen molar-refractivity contribution in [2.75, 3.05) is 20.8 Å². The monoisotopic (exact) mass is 341 g/mol. The van der Waals surface area contributed by atoms with Gasteiger partial charge in [0.2, 0.25) is 0 Å². The summed E-state index contributed by atoms with van der Waals surface area (Å²) in [6, 6.07) is 11.5. The van der Waals surface area contributed by atoms with Gasteiger partial charge in [0.05, 0.1) is 26.4 Å². The van der Waals surface area contributed by atoms with Crippen LogP contribution in [0.25, 0.3) is 0 Å². The highest BCUT2D eigenvalue weighted by atomic mass is 16.5. The van der Waals surface area contributed by atoms with E-state index in [1.54, 1.807) is 25.3 Å². The summed E-state index contributed by atoms with van der Waals surface area (Å²) in [5.41, 5.74) is 2.90. The molecule has 5 nitrogen and oxygen atoms in total. The average molecular weight is 341 g/mol. The molecule has 0 bridgehead atoms. The number of ether oxygens (including phenoxy) is 3. The summed E-state index contributed by atoms with van der Waals surface area (Å²) in [4.78, 5) is 12.6. The molecule has 2 aromatic rings. The number of carbonyl (C=O) groups excluding carboxylic acids is 1. The molecule has 0 aliphatic carbocycles. The highest BCUT2D eigenvalue weighted by molar-refractivity contribution is 5.98. The first kappa shape index (κ1) is 17.1. The second kappa shape index (κ2) is 7.47. The smallest absolute Gasteiger partial charge is 0.255 e. The molecule has 0 aromatic heterocycles. The van der Waals surface area contributed by atoms with E-state index in [1.165, 1.54) is 18.2 Å². The molecule has 132 valence electrons. The number of amides is 1. The van der Waals surface area contributed by atoms with Crippen molar-refractivity contribution in [3.8, 4) is 17.2 Å². The van der Waals surface area contributed by atoms with E-state index >= 15 is 0 Å². The molecule has 1 amide bonds. The Morgan fingerprint density at radius 2 is 2.08 bits per heavy atom. The number of benzene rings is 2. The van der Waals surface area contributed by atoms with Gasteiger partial charge in [-0.05, 0) is 42.7 Å². The molecule has 0 radical (unpaired) electrons. The van der Waals surface area contributed by atoms with E-state index in [0.29, 0.717) is 17.1 Å². The number of carbonyl (C=O) groups is 1. The van der Waals surface area contributed by atoms with Crippen molar-refractivity contribution >= 4 is 5.91 Å². The van der Waals surface area contributed by atoms with Crippen LogP contribution in [0.4, 0.5) is 0 Å². The third kappa shape index (κ3) is 3.71. The Hall–Kier alpha value is -2.69. The van der Waals surface area contributed by atoms with E-state index in [4.69, 9.17) is 14.2 Å². The number of para-hydroxylation sites is 1. The normalized spacial score (nSPS) is 13.6. The van der Waals surface area contributed by atoms with Crippen LogP contribution >= 0.6 is 0 Å². The molecule has 1 atom stereocenters. The Kier molecular flexibility index (Phi) is 5.12. The molecular weight excluding hydrogens is 318 g/mol. The molecule has 0 unspecified atom stereocenters. The zero-order chi connectivity index (χ0) is 17.8. The van der Waals surface area contributed by atoms with Gasteiger partial charge in [0.1, 0.15) is 5.75 Å². The Labute approximate surface area is 147 Å². The number of hydrogen-bond donors (Lipinski definition) is 1. The van der Waals surface area contributed by atoms with Crippen molar-refractivity contribution in [2.24, 2.45) is 0 Å². The summed E-state index contributed by atoms with van der Waals surface area (Å²) >= 11 is 0. The third-order valence-corrected chi connectivity index (χ3v) is 4.32. The first-order valence-electron chi connectivity index (χ1n) is 8.39. The molecule has 0 saturated carbocycles. The predicted octanol–water partition coefficient (Wildman–Crippen LogP) is 3.00. The maximum Gasteiger partial charge on any atom is 0.255 e. The van der Waals surface area contributed by atoms with Crippen LogP contribution in [-0.4, -0.2) is 32.8 Å². The molecule has 0 spiro atoms. The maximum atomic E-state index is 12.6. The van der Waals surface area contributed by atoms with Crippen LogP contribution in [0.15, 0.2) is 36.4 Å². The number of nitrogens with one attached hydrogen (secondary N) is 1. The topological polar surface area (TPSA) is 56.8 Å². The van der Waals surface area contributed by atoms with Gasteiger partial charge in [-0.15, -0.1) is 0 Å². The Bertz CT molecular complexity index is 772. The Balaban J connectivity index is 1.69. The summed E-state index contributed by atoms with van der Waals surface area (Å²) in [5, 5.41) is 3.03. The van der Waals surface area contributed by atoms with E-state index < -0.39 is 0 Å². The van der Waals surface area contributed by atoms with Crippen molar-refractivity contribution in [3.05, 3.63) is 53.1 Å². The van der Waals surface area contributed by atoms with E-state index in [1.807, 2.05) is 13.0 Å². The highest BCUT2D eigenvalue weighted by Crippen LogP contribution is 2.30. The lowest BCUT2D eigenvalue weighted by atomic mass is 10.0. The average Bonchev–Trinajstić information content (AvgIpc) is 3.08. The first-order chi connectivity index (χ1) is 12.1. The zero-order valence-electron chi connectivity index (χ0n) is 14.8. The number of methoxy groups -OCH3 is 2. The Morgan fingerprint density at radius 1 is 1.24 bits per heavy atom. The fraction of sp³-hybridized carbons (Fsp3) is 0.350. The number of rotatable bonds is 6. The van der Waals surface area contributed by atoms with Crippen molar-refractivity contribution in [1.29, 1.82) is 0 Å². The van der Waals surface area contributed by atoms with Crippen LogP contribution in [0.5, 0.6) is 17.2 Å². The van der Waals surface area contributed by atoms with Crippen molar-refractivity contribution in [3.63, 3.8) is 0 Å². The number of fused-ring (bicyclic) bond motifs is 1. The molecule has 25 heavy (non-hydrogen) atoms. The molecule has 3 rings (SSSR count). The maximum absolute atomic E-state index is 12.6. The van der Waals surface area contributed by atoms with E-state index in [-0.39, 0.29) is 11.9 Å². The fourth-order valence-electron chi connectivity index (χ4n) is 3.14. The van der Waals surface area contributed by atoms with Gasteiger partial charge in [0.15, 0.2) is 11.5 Å². The number of hydrogen-bond acceptors (Lipinski definition) is 4. The molecule has 1 aliphatic rings. The SMILES string of the molecule is COc1cccc(C(=O)N[C@@H](C)Cc2ccc3c(c2)CCO3)c1OC. The van der Waals surface area contributed by atoms with Gasteiger partial charge in [-0.2, -0.15) is 0 Å². The fourth-order valence-corrected chi connectivity index (χ4v) is 3.14. The molecule has 1 heterocycles. The predicted molar refractivity (Wildman–Crippen MR) is 95.8 cm³/mol. The van der Waals surface area contributed by atoms with Crippen molar-refractivity contribution in [2.45, 2.75) is 25.8 Å². The van der Waals surface area contributed by atoms with Crippen LogP contribution in [0.1, 0.15) is 28.4 Å². The largest absolute Gasteiger partial charge is 0.493 e. The summed E-state index contributed by atoms with van der Waals surface area (Å²) in [7, 11) is 3.09. The summed E-state index contributed by atoms with van der Waals surface area (Å²) < 4.78 is 16.1. The van der Waals surface area contributed by atoms with E-state index in [2.05, 4.69) is 17.4 Å². The van der Waals surface area contributed by atoms with Gasteiger partial charge in [0.25, 0.3) is 5.91 Å². The molecule has 0 fully saturated rings. The van der Waals surface area contributed by atoms with Crippen LogP contribution < -0.4 is 19.5 Å². The molecule has 2 aromatic carbocycles. The minimum absolute atomic E-state index is 0.0104. The molecular formula is C20H23NO4. The van der Waals surface area contributed by atoms with Crippen LogP contribution in [0.2, 0.25) is 0 Å². The second-order valence-electron chi connectivity index (χ2n) is 6.16. The highest BCUT2D eigenvalue weighted by Gasteiger charge is 2.19. The van der Waals surface area contributed by atoms with Crippen molar-refractivity contribution < 1.29 is 19.0 Å². The molecule has 1 aliphatic heterocycles. The minimum Gasteiger partial charge on any atom is -0.493 e. The Morgan fingerprint density at radius 3 is 2.84 bits per heavy atom. The van der Waals surface area contributed by atoms with Gasteiger partial charge >= 0.3 is 0 Å². The molecule has 1 N–H and O–H groups in total. The van der Waals surface area contributed by atoms with Gasteiger partial charge in [-0.3, -0.25) is 4.79 Å². The van der Waals surface area contributed by atoms with Crippen LogP contribution in [0, 0.1) is 0 Å². The second-order valence-corrected chi connectivity index (χ2v) is 6.16. The molecule has 5 heteroatoms. The summed E-state index contributed by atoms with van der Waals surface area (Å²) in [6.07, 6.45) is 1.70. The summed E-state index contributed by atoms with van der Waals surface area (Å²) in [6.45, 7) is 2.75. The third-order valence-electron chi connectivity index (χ3n) is 4.32. The van der Waals surface area contributed by atoms with Gasteiger partial charge < -0.3 is 19.5 Å². The zero-order valence-corrected chi connectivity index (χ0v) is 14.8. The van der Waals surface area contributed by atoms with Crippen LogP contribution in [-0.2, 0) is 12.8 Å². The van der Waals surface area contributed by atoms with E-state index in [0.717, 1.165) is 25.2 Å². The summed E-state index contributed by atoms with van der Waals surface area (Å²) in [5.74, 6) is 1.79. The lowest BCUT2D eigenvalue weighted by Crippen LogP contribution is -2.34. The standard InChI is InChI=1S/C20H23NO4/c1-13(11-14-7-8-17-15(12-14)9-10-25-17)21-20(22)16-5-4-6-18(23-2)19(16)24-3/h4-8,12-13H,9-11H2,1-3H3,(H,21,22)/t13-/m0/s1. The van der Waals surface area contributed by atoms with Crippen LogP contribution in [0.3, 0.4) is 0 Å². The van der Waals surface area contributed by atoms with Gasteiger partial charge in [-0.1, -0.05) is 18.2 Å². The first-order valence-corrected chi connectivity index (χ1v) is 8.39. The van der Waals surface area contributed by atoms with Gasteiger partial charge in [0, 0.05) is 12.5 Å². The quantitative estimate of drug-likeness (QED) is 0.877. The lowest BCUT2D eigenvalue weighted by Gasteiger charge is -2.17. The molecule has 0 saturated heterocycles. The van der Waals surface area contributed by atoms with Gasteiger partial charge in [-0.25, -0.2) is 0 Å². The lowest BCUT2D eigenvalue weighted by molar-refractivity contribution is 0.0936. The van der Waals surface area contributed by atoms with E-state index in [9.17, 15) is 4.79 Å².